The molecule has 4 rings (SSSR count). The van der Waals surface area contributed by atoms with Crippen LogP contribution in [0.25, 0.3) is 5.65 Å². The number of pyridine rings is 1. The maximum Gasteiger partial charge on any atom is 0.254 e. The summed E-state index contributed by atoms with van der Waals surface area (Å²) in [4.78, 5) is 20.7. The lowest BCUT2D eigenvalue weighted by molar-refractivity contribution is 0.0767. The lowest BCUT2D eigenvalue weighted by atomic mass is 10.2. The van der Waals surface area contributed by atoms with Crippen LogP contribution in [0.4, 0.5) is 5.82 Å². The molecule has 3 aromatic heterocycles. The minimum absolute atomic E-state index is 0.0577. The van der Waals surface area contributed by atoms with E-state index in [9.17, 15) is 4.79 Å². The van der Waals surface area contributed by atoms with E-state index >= 15 is 0 Å². The molecular formula is C17H19N7O. The van der Waals surface area contributed by atoms with Gasteiger partial charge in [-0.3, -0.25) is 9.78 Å². The van der Waals surface area contributed by atoms with E-state index in [1.807, 2.05) is 24.0 Å². The quantitative estimate of drug-likeness (QED) is 0.699. The molecule has 25 heavy (non-hydrogen) atoms. The van der Waals surface area contributed by atoms with Crippen LogP contribution >= 0.6 is 0 Å². The van der Waals surface area contributed by atoms with Crippen LogP contribution in [0.3, 0.4) is 0 Å². The second-order valence-electron chi connectivity index (χ2n) is 6.08. The molecule has 0 N–H and O–H groups in total. The van der Waals surface area contributed by atoms with Gasteiger partial charge in [-0.2, -0.15) is 4.52 Å². The first-order valence-electron chi connectivity index (χ1n) is 8.36. The molecule has 3 aromatic rings. The molecule has 0 spiro atoms. The third kappa shape index (κ3) is 3.02. The van der Waals surface area contributed by atoms with E-state index in [2.05, 4.69) is 25.2 Å². The van der Waals surface area contributed by atoms with Gasteiger partial charge < -0.3 is 9.80 Å². The fourth-order valence-electron chi connectivity index (χ4n) is 3.08. The van der Waals surface area contributed by atoms with E-state index in [0.717, 1.165) is 43.3 Å². The fraction of sp³-hybridized carbons (Fsp3) is 0.353. The molecular weight excluding hydrogens is 318 g/mol. The molecule has 0 radical (unpaired) electrons. The molecule has 1 saturated heterocycles. The first kappa shape index (κ1) is 15.5. The third-order valence-corrected chi connectivity index (χ3v) is 4.44. The minimum Gasteiger partial charge on any atom is -0.353 e. The summed E-state index contributed by atoms with van der Waals surface area (Å²) in [6.07, 6.45) is 4.20. The van der Waals surface area contributed by atoms with Gasteiger partial charge in [0.1, 0.15) is 5.82 Å². The number of hydrogen-bond acceptors (Lipinski definition) is 6. The maximum absolute atomic E-state index is 12.6. The van der Waals surface area contributed by atoms with Crippen LogP contribution in [0.15, 0.2) is 36.7 Å². The minimum atomic E-state index is 0.0577. The monoisotopic (exact) mass is 337 g/mol. The Balaban J connectivity index is 1.50. The Hall–Kier alpha value is -3.03. The van der Waals surface area contributed by atoms with Crippen molar-refractivity contribution in [3.63, 3.8) is 0 Å². The zero-order valence-corrected chi connectivity index (χ0v) is 14.0. The second-order valence-corrected chi connectivity index (χ2v) is 6.08. The Bertz CT molecular complexity index is 892. The van der Waals surface area contributed by atoms with Crippen molar-refractivity contribution in [1.82, 2.24) is 29.7 Å². The number of aryl methyl sites for hydroxylation is 1. The van der Waals surface area contributed by atoms with Gasteiger partial charge in [-0.15, -0.1) is 15.3 Å². The molecule has 1 aliphatic heterocycles. The van der Waals surface area contributed by atoms with Gasteiger partial charge in [0.15, 0.2) is 11.5 Å². The zero-order chi connectivity index (χ0) is 17.2. The Kier molecular flexibility index (Phi) is 4.01. The largest absolute Gasteiger partial charge is 0.353 e. The van der Waals surface area contributed by atoms with Crippen molar-refractivity contribution >= 4 is 17.4 Å². The molecule has 1 fully saturated rings. The number of hydrogen-bond donors (Lipinski definition) is 0. The van der Waals surface area contributed by atoms with E-state index in [1.54, 1.807) is 29.0 Å². The zero-order valence-electron chi connectivity index (χ0n) is 14.0. The van der Waals surface area contributed by atoms with E-state index < -0.39 is 0 Å². The molecule has 0 saturated carbocycles. The van der Waals surface area contributed by atoms with Gasteiger partial charge in [0.05, 0.1) is 0 Å². The molecule has 0 aliphatic carbocycles. The lowest BCUT2D eigenvalue weighted by Crippen LogP contribution is -2.35. The molecule has 0 unspecified atom stereocenters. The summed E-state index contributed by atoms with van der Waals surface area (Å²) in [5.74, 6) is 1.71. The van der Waals surface area contributed by atoms with Crippen molar-refractivity contribution < 1.29 is 4.79 Å². The van der Waals surface area contributed by atoms with Crippen molar-refractivity contribution in [2.45, 2.75) is 13.3 Å². The average molecular weight is 337 g/mol. The van der Waals surface area contributed by atoms with Gasteiger partial charge in [0.25, 0.3) is 5.91 Å². The van der Waals surface area contributed by atoms with Gasteiger partial charge in [-0.1, -0.05) is 0 Å². The molecule has 4 heterocycles. The summed E-state index contributed by atoms with van der Waals surface area (Å²) in [7, 11) is 0. The third-order valence-electron chi connectivity index (χ3n) is 4.44. The number of nitrogens with zero attached hydrogens (tertiary/aromatic N) is 7. The first-order chi connectivity index (χ1) is 12.2. The lowest BCUT2D eigenvalue weighted by Gasteiger charge is -2.22. The highest BCUT2D eigenvalue weighted by atomic mass is 16.2. The number of carbonyl (C=O) groups is 1. The van der Waals surface area contributed by atoms with E-state index in [1.165, 1.54) is 0 Å². The number of aromatic nitrogens is 5. The van der Waals surface area contributed by atoms with Crippen LogP contribution in [-0.4, -0.2) is 61.8 Å². The van der Waals surface area contributed by atoms with Gasteiger partial charge in [-0.05, 0) is 37.6 Å². The van der Waals surface area contributed by atoms with Crippen LogP contribution in [-0.2, 0) is 0 Å². The highest BCUT2D eigenvalue weighted by Gasteiger charge is 2.21. The summed E-state index contributed by atoms with van der Waals surface area (Å²) in [6.45, 7) is 4.90. The molecule has 1 aliphatic rings. The van der Waals surface area contributed by atoms with E-state index in [0.29, 0.717) is 12.1 Å². The summed E-state index contributed by atoms with van der Waals surface area (Å²) < 4.78 is 1.75. The van der Waals surface area contributed by atoms with Crippen molar-refractivity contribution in [2.24, 2.45) is 0 Å². The highest BCUT2D eigenvalue weighted by Crippen LogP contribution is 2.16. The normalized spacial score (nSPS) is 15.4. The van der Waals surface area contributed by atoms with Crippen LogP contribution in [0, 0.1) is 6.92 Å². The Morgan fingerprint density at radius 2 is 1.84 bits per heavy atom. The Labute approximate surface area is 145 Å². The predicted octanol–water partition coefficient (Wildman–Crippen LogP) is 1.18. The maximum atomic E-state index is 12.6. The van der Waals surface area contributed by atoms with Crippen molar-refractivity contribution in [3.8, 4) is 0 Å². The van der Waals surface area contributed by atoms with Gasteiger partial charge in [-0.25, -0.2) is 0 Å². The second kappa shape index (κ2) is 6.46. The number of carbonyl (C=O) groups excluding carboxylic acids is 1. The molecule has 0 bridgehead atoms. The van der Waals surface area contributed by atoms with Crippen LogP contribution < -0.4 is 4.90 Å². The number of amides is 1. The molecule has 0 atom stereocenters. The summed E-state index contributed by atoms with van der Waals surface area (Å²) in [5, 5.41) is 12.7. The molecule has 128 valence electrons. The van der Waals surface area contributed by atoms with Crippen LogP contribution in [0.1, 0.15) is 22.6 Å². The SMILES string of the molecule is Cc1nnc2ccc(N3CCCN(C(=O)c4ccncc4)CC3)nn12. The number of fused-ring (bicyclic) bond motifs is 1. The standard InChI is InChI=1S/C17H19N7O/c1-13-19-20-15-3-4-16(21-24(13)15)22-9-2-10-23(12-11-22)17(25)14-5-7-18-8-6-14/h3-8H,2,9-12H2,1H3. The predicted molar refractivity (Wildman–Crippen MR) is 92.5 cm³/mol. The topological polar surface area (TPSA) is 79.5 Å². The van der Waals surface area contributed by atoms with E-state index in [4.69, 9.17) is 0 Å². The highest BCUT2D eigenvalue weighted by molar-refractivity contribution is 5.94. The number of anilines is 1. The molecule has 1 amide bonds. The van der Waals surface area contributed by atoms with Gasteiger partial charge in [0, 0.05) is 44.1 Å². The van der Waals surface area contributed by atoms with Gasteiger partial charge >= 0.3 is 0 Å². The average Bonchev–Trinajstić information content (AvgIpc) is 2.87. The molecule has 8 heteroatoms. The number of rotatable bonds is 2. The van der Waals surface area contributed by atoms with Crippen LogP contribution in [0.2, 0.25) is 0 Å². The smallest absolute Gasteiger partial charge is 0.254 e. The van der Waals surface area contributed by atoms with Crippen molar-refractivity contribution in [2.75, 3.05) is 31.1 Å². The first-order valence-corrected chi connectivity index (χ1v) is 8.36. The van der Waals surface area contributed by atoms with Gasteiger partial charge in [0.2, 0.25) is 0 Å². The summed E-state index contributed by atoms with van der Waals surface area (Å²) in [5.41, 5.74) is 1.42. The summed E-state index contributed by atoms with van der Waals surface area (Å²) in [6, 6.07) is 7.40. The van der Waals surface area contributed by atoms with Crippen molar-refractivity contribution in [3.05, 3.63) is 48.0 Å². The molecule has 8 nitrogen and oxygen atoms in total. The molecule has 0 aromatic carbocycles. The summed E-state index contributed by atoms with van der Waals surface area (Å²) >= 11 is 0. The van der Waals surface area contributed by atoms with E-state index in [-0.39, 0.29) is 5.91 Å². The van der Waals surface area contributed by atoms with Crippen LogP contribution in [0.5, 0.6) is 0 Å². The Morgan fingerprint density at radius 1 is 1.00 bits per heavy atom. The fourth-order valence-corrected chi connectivity index (χ4v) is 3.08. The Morgan fingerprint density at radius 3 is 2.68 bits per heavy atom. The van der Waals surface area contributed by atoms with Crippen molar-refractivity contribution in [1.29, 1.82) is 0 Å².